The molecular weight excluding hydrogens is 264 g/mol. The molecule has 0 aliphatic carbocycles. The van der Waals surface area contributed by atoms with E-state index in [9.17, 15) is 9.59 Å². The summed E-state index contributed by atoms with van der Waals surface area (Å²) in [6.07, 6.45) is -1.99. The van der Waals surface area contributed by atoms with Crippen molar-refractivity contribution in [1.29, 1.82) is 0 Å². The predicted octanol–water partition coefficient (Wildman–Crippen LogP) is 1.67. The van der Waals surface area contributed by atoms with Gasteiger partial charge in [0.05, 0.1) is 24.8 Å². The number of hydrogen-bond donors (Lipinski definition) is 2. The monoisotopic (exact) mass is 288 g/mol. The van der Waals surface area contributed by atoms with E-state index >= 15 is 0 Å². The minimum absolute atomic E-state index is 0.0447. The van der Waals surface area contributed by atoms with Crippen LogP contribution in [0.2, 0.25) is 0 Å². The number of carbonyl (C=O) groups excluding carboxylic acids is 1. The van der Waals surface area contributed by atoms with Crippen molar-refractivity contribution in [3.05, 3.63) is 0 Å². The molecule has 7 heteroatoms. The summed E-state index contributed by atoms with van der Waals surface area (Å²) < 4.78 is 10.8. The van der Waals surface area contributed by atoms with Gasteiger partial charge >= 0.3 is 12.2 Å². The Morgan fingerprint density at radius 2 is 1.90 bits per heavy atom. The lowest BCUT2D eigenvalue weighted by Crippen LogP contribution is -2.46. The molecule has 1 rings (SSSR count). The fraction of sp³-hybridized carbons (Fsp3) is 0.846. The predicted molar refractivity (Wildman–Crippen MR) is 72.8 cm³/mol. The van der Waals surface area contributed by atoms with Gasteiger partial charge in [-0.05, 0) is 34.6 Å². The summed E-state index contributed by atoms with van der Waals surface area (Å²) in [7, 11) is 0. The molecule has 0 unspecified atom stereocenters. The van der Waals surface area contributed by atoms with E-state index in [1.165, 1.54) is 4.90 Å². The molecule has 1 aliphatic rings. The summed E-state index contributed by atoms with van der Waals surface area (Å²) in [4.78, 5) is 24.0. The van der Waals surface area contributed by atoms with Crippen LogP contribution in [0.4, 0.5) is 9.59 Å². The van der Waals surface area contributed by atoms with Crippen molar-refractivity contribution in [2.24, 2.45) is 0 Å². The highest BCUT2D eigenvalue weighted by Crippen LogP contribution is 2.16. The minimum atomic E-state index is -1.02. The van der Waals surface area contributed by atoms with E-state index in [4.69, 9.17) is 14.6 Å². The summed E-state index contributed by atoms with van der Waals surface area (Å²) in [6, 6.07) is -0.400. The molecule has 0 aromatic heterocycles. The Bertz CT molecular complexity index is 364. The highest BCUT2D eigenvalue weighted by Gasteiger charge is 2.38. The van der Waals surface area contributed by atoms with Crippen molar-refractivity contribution in [1.82, 2.24) is 10.2 Å². The number of nitrogens with zero attached hydrogens (tertiary/aromatic N) is 1. The van der Waals surface area contributed by atoms with Crippen molar-refractivity contribution in [2.45, 2.75) is 58.5 Å². The van der Waals surface area contributed by atoms with Crippen molar-refractivity contribution in [3.63, 3.8) is 0 Å². The largest absolute Gasteiger partial charge is 0.465 e. The average molecular weight is 288 g/mol. The Hall–Kier alpha value is -1.50. The summed E-state index contributed by atoms with van der Waals surface area (Å²) in [6.45, 7) is 9.49. The normalized spacial score (nSPS) is 23.0. The Morgan fingerprint density at radius 1 is 1.30 bits per heavy atom. The molecule has 1 saturated heterocycles. The maximum absolute atomic E-state index is 11.8. The highest BCUT2D eigenvalue weighted by atomic mass is 16.6. The third-order valence-corrected chi connectivity index (χ3v) is 2.69. The summed E-state index contributed by atoms with van der Waals surface area (Å²) in [5.41, 5.74) is -0.594. The lowest BCUT2D eigenvalue weighted by molar-refractivity contribution is -0.00253. The summed E-state index contributed by atoms with van der Waals surface area (Å²) in [5, 5.41) is 11.7. The first-order valence-corrected chi connectivity index (χ1v) is 6.71. The van der Waals surface area contributed by atoms with Crippen LogP contribution in [0.5, 0.6) is 0 Å². The lowest BCUT2D eigenvalue weighted by atomic mass is 10.2. The third-order valence-electron chi connectivity index (χ3n) is 2.69. The molecule has 0 saturated carbocycles. The van der Waals surface area contributed by atoms with E-state index in [1.807, 2.05) is 13.8 Å². The number of amides is 2. The minimum Gasteiger partial charge on any atom is -0.465 e. The smallest absolute Gasteiger partial charge is 0.408 e. The Labute approximate surface area is 119 Å². The molecule has 116 valence electrons. The molecule has 1 fully saturated rings. The first kappa shape index (κ1) is 16.6. The maximum atomic E-state index is 11.8. The number of ether oxygens (including phenoxy) is 2. The van der Waals surface area contributed by atoms with Crippen LogP contribution in [0.1, 0.15) is 34.6 Å². The third kappa shape index (κ3) is 5.24. The van der Waals surface area contributed by atoms with Crippen LogP contribution in [0, 0.1) is 0 Å². The van der Waals surface area contributed by atoms with E-state index in [2.05, 4.69) is 5.32 Å². The number of nitrogens with one attached hydrogen (secondary N) is 1. The molecular formula is C13H24N2O5. The molecule has 0 radical (unpaired) electrons. The Balaban J connectivity index is 2.64. The highest BCUT2D eigenvalue weighted by molar-refractivity contribution is 5.69. The van der Waals surface area contributed by atoms with E-state index in [1.54, 1.807) is 20.8 Å². The molecule has 2 N–H and O–H groups in total. The van der Waals surface area contributed by atoms with Gasteiger partial charge in [-0.1, -0.05) is 0 Å². The van der Waals surface area contributed by atoms with Gasteiger partial charge in [0.2, 0.25) is 0 Å². The van der Waals surface area contributed by atoms with Crippen LogP contribution < -0.4 is 5.32 Å². The zero-order chi connectivity index (χ0) is 15.5. The van der Waals surface area contributed by atoms with Crippen molar-refractivity contribution < 1.29 is 24.2 Å². The van der Waals surface area contributed by atoms with Gasteiger partial charge < -0.3 is 24.8 Å². The Morgan fingerprint density at radius 3 is 2.35 bits per heavy atom. The van der Waals surface area contributed by atoms with Crippen LogP contribution in [-0.2, 0) is 9.47 Å². The van der Waals surface area contributed by atoms with Gasteiger partial charge in [0.25, 0.3) is 0 Å². The number of carbonyl (C=O) groups is 2. The summed E-state index contributed by atoms with van der Waals surface area (Å²) >= 11 is 0. The number of hydrogen-bond acceptors (Lipinski definition) is 4. The first-order chi connectivity index (χ1) is 9.08. The second-order valence-electron chi connectivity index (χ2n) is 6.16. The van der Waals surface area contributed by atoms with E-state index < -0.39 is 23.8 Å². The molecule has 2 amide bonds. The topological polar surface area (TPSA) is 88.1 Å². The molecule has 0 aromatic rings. The van der Waals surface area contributed by atoms with Gasteiger partial charge in [-0.15, -0.1) is 0 Å². The second kappa shape index (κ2) is 6.30. The van der Waals surface area contributed by atoms with Gasteiger partial charge in [-0.3, -0.25) is 0 Å². The fourth-order valence-electron chi connectivity index (χ4n) is 2.02. The molecule has 0 aromatic carbocycles. The van der Waals surface area contributed by atoms with Crippen molar-refractivity contribution >= 4 is 12.2 Å². The Kier molecular flexibility index (Phi) is 5.21. The summed E-state index contributed by atoms with van der Waals surface area (Å²) in [5.74, 6) is 0. The number of alkyl carbamates (subject to hydrolysis) is 1. The zero-order valence-electron chi connectivity index (χ0n) is 12.7. The number of likely N-dealkylation sites (tertiary alicyclic amines) is 1. The maximum Gasteiger partial charge on any atom is 0.408 e. The fourth-order valence-corrected chi connectivity index (χ4v) is 2.02. The second-order valence-corrected chi connectivity index (χ2v) is 6.16. The lowest BCUT2D eigenvalue weighted by Gasteiger charge is -2.25. The van der Waals surface area contributed by atoms with Crippen LogP contribution in [-0.4, -0.2) is 59.1 Å². The van der Waals surface area contributed by atoms with E-state index in [0.717, 1.165) is 0 Å². The van der Waals surface area contributed by atoms with Crippen molar-refractivity contribution in [3.8, 4) is 0 Å². The van der Waals surface area contributed by atoms with Crippen LogP contribution in [0.15, 0.2) is 0 Å². The molecule has 2 atom stereocenters. The van der Waals surface area contributed by atoms with Crippen molar-refractivity contribution in [2.75, 3.05) is 13.1 Å². The number of carboxylic acid groups (broad SMARTS) is 1. The van der Waals surface area contributed by atoms with Crippen LogP contribution in [0.25, 0.3) is 0 Å². The number of rotatable bonds is 3. The molecule has 1 aliphatic heterocycles. The average Bonchev–Trinajstić information content (AvgIpc) is 2.57. The molecule has 1 heterocycles. The van der Waals surface area contributed by atoms with E-state index in [0.29, 0.717) is 0 Å². The zero-order valence-corrected chi connectivity index (χ0v) is 12.7. The van der Waals surface area contributed by atoms with Gasteiger partial charge in [0.15, 0.2) is 0 Å². The van der Waals surface area contributed by atoms with Gasteiger partial charge in [0, 0.05) is 6.54 Å². The van der Waals surface area contributed by atoms with Gasteiger partial charge in [0.1, 0.15) is 5.60 Å². The molecule has 20 heavy (non-hydrogen) atoms. The van der Waals surface area contributed by atoms with E-state index in [-0.39, 0.29) is 25.3 Å². The first-order valence-electron chi connectivity index (χ1n) is 6.71. The van der Waals surface area contributed by atoms with Crippen LogP contribution in [0.3, 0.4) is 0 Å². The molecule has 0 spiro atoms. The SMILES string of the molecule is CC(C)O[C@H]1CN(C(=O)O)C[C@@H]1NC(=O)OC(C)(C)C. The van der Waals surface area contributed by atoms with Crippen LogP contribution >= 0.6 is 0 Å². The quantitative estimate of drug-likeness (QED) is 0.824. The van der Waals surface area contributed by atoms with Gasteiger partial charge in [-0.2, -0.15) is 0 Å². The standard InChI is InChI=1S/C13H24N2O5/c1-8(2)19-10-7-15(12(17)18)6-9(10)14-11(16)20-13(3,4)5/h8-10H,6-7H2,1-5H3,(H,14,16)(H,17,18)/t9-,10-/m0/s1. The molecule has 0 bridgehead atoms. The molecule has 7 nitrogen and oxygen atoms in total. The van der Waals surface area contributed by atoms with Gasteiger partial charge in [-0.25, -0.2) is 9.59 Å².